The molecule has 0 spiro atoms. The van der Waals surface area contributed by atoms with E-state index in [0.29, 0.717) is 0 Å². The van der Waals surface area contributed by atoms with Gasteiger partial charge in [-0.05, 0) is 98.8 Å². The Hall–Kier alpha value is -4.30. The monoisotopic (exact) mass is 630 g/mol. The lowest BCUT2D eigenvalue weighted by Crippen LogP contribution is -2.24. The zero-order chi connectivity index (χ0) is 34.2. The molecule has 2 heterocycles. The van der Waals surface area contributed by atoms with Crippen LogP contribution >= 0.6 is 0 Å². The van der Waals surface area contributed by atoms with Gasteiger partial charge in [-0.15, -0.1) is 0 Å². The first-order chi connectivity index (χ1) is 22.3. The number of hydrogen-bond acceptors (Lipinski definition) is 6. The fraction of sp³-hybridized carbons (Fsp3) is 0.421. The van der Waals surface area contributed by atoms with Crippen molar-refractivity contribution in [2.75, 3.05) is 48.3 Å². The van der Waals surface area contributed by atoms with Crippen LogP contribution in [-0.4, -0.2) is 59.5 Å². The van der Waals surface area contributed by atoms with Gasteiger partial charge in [-0.2, -0.15) is 0 Å². The highest BCUT2D eigenvalue weighted by molar-refractivity contribution is 5.82. The van der Waals surface area contributed by atoms with Crippen molar-refractivity contribution >= 4 is 35.5 Å². The molecule has 0 amide bonds. The number of nitrogens with two attached hydrogens (primary N) is 1. The molecule has 2 aromatic carbocycles. The summed E-state index contributed by atoms with van der Waals surface area (Å²) in [5.41, 5.74) is 9.79. The largest absolute Gasteiger partial charge is 0.397 e. The minimum absolute atomic E-state index is 0.250. The van der Waals surface area contributed by atoms with Gasteiger partial charge < -0.3 is 29.8 Å². The summed E-state index contributed by atoms with van der Waals surface area (Å²) in [7, 11) is 3.92. The number of nitrogens with zero attached hydrogens (tertiary/aromatic N) is 5. The zero-order valence-corrected chi connectivity index (χ0v) is 29.3. The number of aliphatic hydroxyl groups excluding tert-OH is 1. The van der Waals surface area contributed by atoms with Gasteiger partial charge in [-0.1, -0.05) is 39.8 Å². The Bertz CT molecular complexity index is 1310. The Kier molecular flexibility index (Phi) is 20.7. The molecule has 0 fully saturated rings. The maximum absolute atomic E-state index is 10.5. The number of nitrogen functional groups attached to an aromatic ring is 1. The summed E-state index contributed by atoms with van der Waals surface area (Å²) in [4.78, 5) is 19.8. The summed E-state index contributed by atoms with van der Waals surface area (Å²) < 4.78 is 3.87. The lowest BCUT2D eigenvalue weighted by molar-refractivity contribution is 0.112. The molecule has 0 saturated heterocycles. The summed E-state index contributed by atoms with van der Waals surface area (Å²) in [6.45, 7) is 15.1. The van der Waals surface area contributed by atoms with Gasteiger partial charge in [0.05, 0.1) is 0 Å². The number of carbonyl (C=O) groups excluding carboxylic acids is 1. The minimum Gasteiger partial charge on any atom is -0.397 e. The molecule has 8 nitrogen and oxygen atoms in total. The number of rotatable bonds is 13. The number of aldehydes is 1. The number of aromatic nitrogens is 2. The molecular weight excluding hydrogens is 572 g/mol. The average Bonchev–Trinajstić information content (AvgIpc) is 3.66. The molecule has 8 heteroatoms. The van der Waals surface area contributed by atoms with Crippen LogP contribution in [0.5, 0.6) is 0 Å². The van der Waals surface area contributed by atoms with Crippen LogP contribution in [-0.2, 0) is 14.1 Å². The lowest BCUT2D eigenvalue weighted by atomic mass is 10.2. The van der Waals surface area contributed by atoms with E-state index >= 15 is 0 Å². The highest BCUT2D eigenvalue weighted by atomic mass is 16.2. The molecule has 0 aliphatic heterocycles. The molecule has 0 aliphatic rings. The van der Waals surface area contributed by atoms with Gasteiger partial charge in [-0.3, -0.25) is 4.79 Å². The number of carbonyl (C=O) groups is 1. The van der Waals surface area contributed by atoms with Crippen molar-refractivity contribution in [3.63, 3.8) is 0 Å². The average molecular weight is 631 g/mol. The third kappa shape index (κ3) is 15.1. The van der Waals surface area contributed by atoms with E-state index < -0.39 is 0 Å². The number of benzene rings is 2. The van der Waals surface area contributed by atoms with Gasteiger partial charge in [0, 0.05) is 82.4 Å². The van der Waals surface area contributed by atoms with Crippen LogP contribution in [0.3, 0.4) is 0 Å². The zero-order valence-electron chi connectivity index (χ0n) is 29.3. The second kappa shape index (κ2) is 24.0. The highest BCUT2D eigenvalue weighted by Crippen LogP contribution is 2.17. The predicted octanol–water partition coefficient (Wildman–Crippen LogP) is 8.13. The first-order valence-corrected chi connectivity index (χ1v) is 16.6. The molecule has 0 bridgehead atoms. The molecule has 46 heavy (non-hydrogen) atoms. The van der Waals surface area contributed by atoms with Crippen LogP contribution in [0.25, 0.3) is 0 Å². The molecule has 0 saturated carbocycles. The molecule has 0 unspecified atom stereocenters. The van der Waals surface area contributed by atoms with Crippen molar-refractivity contribution < 1.29 is 9.90 Å². The van der Waals surface area contributed by atoms with Gasteiger partial charge in [0.25, 0.3) is 0 Å². The van der Waals surface area contributed by atoms with E-state index in [1.54, 1.807) is 6.92 Å². The molecule has 252 valence electrons. The van der Waals surface area contributed by atoms with E-state index in [1.165, 1.54) is 24.2 Å². The number of aliphatic hydroxyl groups is 1. The van der Waals surface area contributed by atoms with E-state index in [1.807, 2.05) is 90.4 Å². The molecule has 3 N–H and O–H groups in total. The first kappa shape index (κ1) is 39.7. The quantitative estimate of drug-likeness (QED) is 0.115. The van der Waals surface area contributed by atoms with E-state index in [9.17, 15) is 4.79 Å². The Labute approximate surface area is 278 Å². The van der Waals surface area contributed by atoms with Crippen LogP contribution in [0.15, 0.2) is 90.2 Å². The fourth-order valence-corrected chi connectivity index (χ4v) is 4.56. The van der Waals surface area contributed by atoms with Crippen molar-refractivity contribution in [1.29, 1.82) is 0 Å². The van der Waals surface area contributed by atoms with Crippen molar-refractivity contribution in [1.82, 2.24) is 9.13 Å². The second-order valence-corrected chi connectivity index (χ2v) is 10.9. The SMILES string of the molecule is CCCN(CCC)c1ccc(C=Nc2cccn2C)cc1.CCCN(CCC)c1ccc(C=O)cc1.CCO.Cn1cccc1N. The topological polar surface area (TPSA) is 92.0 Å². The smallest absolute Gasteiger partial charge is 0.150 e. The van der Waals surface area contributed by atoms with Crippen LogP contribution in [0.4, 0.5) is 23.0 Å². The Morgan fingerprint density at radius 2 is 1.09 bits per heavy atom. The number of aryl methyl sites for hydroxylation is 2. The number of hydrogen-bond donors (Lipinski definition) is 2. The van der Waals surface area contributed by atoms with E-state index in [0.717, 1.165) is 68.1 Å². The van der Waals surface area contributed by atoms with Crippen molar-refractivity contribution in [2.45, 2.75) is 60.3 Å². The number of aliphatic imine (C=N–C) groups is 1. The summed E-state index contributed by atoms with van der Waals surface area (Å²) >= 11 is 0. The van der Waals surface area contributed by atoms with Gasteiger partial charge in [0.15, 0.2) is 0 Å². The van der Waals surface area contributed by atoms with Crippen molar-refractivity contribution in [3.05, 3.63) is 96.3 Å². The van der Waals surface area contributed by atoms with Crippen LogP contribution in [0.1, 0.15) is 76.2 Å². The molecule has 0 radical (unpaired) electrons. The molecule has 4 rings (SSSR count). The van der Waals surface area contributed by atoms with Crippen LogP contribution < -0.4 is 15.5 Å². The van der Waals surface area contributed by atoms with Crippen LogP contribution in [0.2, 0.25) is 0 Å². The molecule has 2 aromatic heterocycles. The summed E-state index contributed by atoms with van der Waals surface area (Å²) in [5.74, 6) is 1.78. The van der Waals surface area contributed by atoms with Gasteiger partial charge >= 0.3 is 0 Å². The predicted molar refractivity (Wildman–Crippen MR) is 199 cm³/mol. The molecule has 4 aromatic rings. The van der Waals surface area contributed by atoms with Crippen molar-refractivity contribution in [2.24, 2.45) is 19.1 Å². The maximum atomic E-state index is 10.5. The third-order valence-corrected chi connectivity index (χ3v) is 6.87. The van der Waals surface area contributed by atoms with E-state index in [-0.39, 0.29) is 6.61 Å². The summed E-state index contributed by atoms with van der Waals surface area (Å²) in [6.07, 6.45) is 11.4. The maximum Gasteiger partial charge on any atom is 0.150 e. The minimum atomic E-state index is 0.250. The van der Waals surface area contributed by atoms with Gasteiger partial charge in [-0.25, -0.2) is 4.99 Å². The van der Waals surface area contributed by atoms with Gasteiger partial charge in [0.1, 0.15) is 17.9 Å². The lowest BCUT2D eigenvalue weighted by Gasteiger charge is -2.23. The second-order valence-electron chi connectivity index (χ2n) is 10.9. The third-order valence-electron chi connectivity index (χ3n) is 6.87. The van der Waals surface area contributed by atoms with Crippen LogP contribution in [0, 0.1) is 0 Å². The molecule has 0 atom stereocenters. The summed E-state index contributed by atoms with van der Waals surface area (Å²) in [6, 6.07) is 24.2. The van der Waals surface area contributed by atoms with Gasteiger partial charge in [0.2, 0.25) is 0 Å². The van der Waals surface area contributed by atoms with E-state index in [4.69, 9.17) is 10.8 Å². The standard InChI is InChI=1S/C18H25N3.C13H19NO.C5H8N2.C2H6O/c1-4-12-21(13-5-2)17-10-8-16(9-11-17)15-19-18-7-6-14-20(18)3;1-3-9-14(10-4-2)13-7-5-12(11-15)6-8-13;1-7-4-2-3-5(7)6;1-2-3/h6-11,14-15H,4-5,12-13H2,1-3H3;5-8,11H,3-4,9-10H2,1-2H3;2-4H,6H2,1H3;3H,2H2,1H3. The fourth-order valence-electron chi connectivity index (χ4n) is 4.56. The van der Waals surface area contributed by atoms with Crippen molar-refractivity contribution in [3.8, 4) is 0 Å². The van der Waals surface area contributed by atoms with E-state index in [2.05, 4.69) is 66.8 Å². The Morgan fingerprint density at radius 1 is 0.674 bits per heavy atom. The number of anilines is 3. The first-order valence-electron chi connectivity index (χ1n) is 16.6. The summed E-state index contributed by atoms with van der Waals surface area (Å²) in [5, 5.41) is 7.57. The Morgan fingerprint density at radius 3 is 1.39 bits per heavy atom. The highest BCUT2D eigenvalue weighted by Gasteiger charge is 2.05. The Balaban J connectivity index is 0.000000366. The molecular formula is C38H58N6O2. The molecule has 0 aliphatic carbocycles. The normalized spacial score (nSPS) is 10.2.